The molecule has 0 atom stereocenters. The Hall–Kier alpha value is -0.910. The van der Waals surface area contributed by atoms with Gasteiger partial charge in [0, 0.05) is 35.3 Å². The van der Waals surface area contributed by atoms with Gasteiger partial charge in [-0.25, -0.2) is 4.98 Å². The molecular weight excluding hydrogens is 286 g/mol. The van der Waals surface area contributed by atoms with Crippen molar-refractivity contribution in [2.75, 3.05) is 18.5 Å². The van der Waals surface area contributed by atoms with Crippen molar-refractivity contribution in [1.29, 1.82) is 0 Å². The number of nitrogens with zero attached hydrogens (tertiary/aromatic N) is 2. The van der Waals surface area contributed by atoms with E-state index in [1.54, 1.807) is 4.88 Å². The fourth-order valence-electron chi connectivity index (χ4n) is 2.86. The Morgan fingerprint density at radius 2 is 2.35 bits per heavy atom. The van der Waals surface area contributed by atoms with Crippen LogP contribution in [0.25, 0.3) is 0 Å². The summed E-state index contributed by atoms with van der Waals surface area (Å²) >= 11 is 3.79. The maximum atomic E-state index is 4.98. The summed E-state index contributed by atoms with van der Waals surface area (Å²) in [5.74, 6) is 0.741. The van der Waals surface area contributed by atoms with Crippen molar-refractivity contribution in [3.05, 3.63) is 32.5 Å². The first-order valence-electron chi connectivity index (χ1n) is 7.29. The highest BCUT2D eigenvalue weighted by Crippen LogP contribution is 2.44. The Bertz CT molecular complexity index is 612. The van der Waals surface area contributed by atoms with Gasteiger partial charge in [0.05, 0.1) is 5.69 Å². The summed E-state index contributed by atoms with van der Waals surface area (Å²) in [6.07, 6.45) is 3.83. The largest absolute Gasteiger partial charge is 0.343 e. The molecule has 1 N–H and O–H groups in total. The first kappa shape index (κ1) is 12.8. The van der Waals surface area contributed by atoms with E-state index in [4.69, 9.17) is 4.98 Å². The fourth-order valence-corrected chi connectivity index (χ4v) is 4.93. The summed E-state index contributed by atoms with van der Waals surface area (Å²) in [7, 11) is 2.02. The molecule has 0 spiro atoms. The molecule has 2 aliphatic rings. The Morgan fingerprint density at radius 1 is 1.45 bits per heavy atom. The monoisotopic (exact) mass is 305 g/mol. The summed E-state index contributed by atoms with van der Waals surface area (Å²) in [4.78, 5) is 10.5. The molecule has 106 valence electrons. The van der Waals surface area contributed by atoms with Gasteiger partial charge in [-0.05, 0) is 43.3 Å². The molecule has 5 heteroatoms. The van der Waals surface area contributed by atoms with Gasteiger partial charge >= 0.3 is 0 Å². The van der Waals surface area contributed by atoms with E-state index >= 15 is 0 Å². The maximum Gasteiger partial charge on any atom is 0.186 e. The predicted molar refractivity (Wildman–Crippen MR) is 85.9 cm³/mol. The zero-order chi connectivity index (χ0) is 13.5. The summed E-state index contributed by atoms with van der Waals surface area (Å²) < 4.78 is 0. The third kappa shape index (κ3) is 2.28. The molecule has 0 bridgehead atoms. The SMILES string of the molecule is CNCc1sc(N2CCc3sccc3C2)nc1C1CC1. The lowest BCUT2D eigenvalue weighted by Gasteiger charge is -2.26. The molecule has 3 heterocycles. The highest BCUT2D eigenvalue weighted by atomic mass is 32.1. The van der Waals surface area contributed by atoms with Crippen molar-refractivity contribution in [2.24, 2.45) is 0 Å². The van der Waals surface area contributed by atoms with E-state index in [9.17, 15) is 0 Å². The molecule has 1 saturated carbocycles. The van der Waals surface area contributed by atoms with Gasteiger partial charge in [0.2, 0.25) is 0 Å². The van der Waals surface area contributed by atoms with Crippen molar-refractivity contribution in [3.8, 4) is 0 Å². The van der Waals surface area contributed by atoms with Gasteiger partial charge in [0.1, 0.15) is 0 Å². The van der Waals surface area contributed by atoms with E-state index in [0.29, 0.717) is 0 Å². The number of hydrogen-bond acceptors (Lipinski definition) is 5. The summed E-state index contributed by atoms with van der Waals surface area (Å²) in [6.45, 7) is 3.11. The number of aromatic nitrogens is 1. The number of nitrogens with one attached hydrogen (secondary N) is 1. The molecule has 0 unspecified atom stereocenters. The average molecular weight is 305 g/mol. The zero-order valence-corrected chi connectivity index (χ0v) is 13.3. The lowest BCUT2D eigenvalue weighted by Crippen LogP contribution is -2.29. The van der Waals surface area contributed by atoms with Crippen molar-refractivity contribution < 1.29 is 0 Å². The van der Waals surface area contributed by atoms with Gasteiger partial charge in [0.25, 0.3) is 0 Å². The quantitative estimate of drug-likeness (QED) is 0.939. The second-order valence-corrected chi connectivity index (χ2v) is 7.71. The van der Waals surface area contributed by atoms with E-state index in [1.807, 2.05) is 29.7 Å². The zero-order valence-electron chi connectivity index (χ0n) is 11.7. The molecule has 0 radical (unpaired) electrons. The molecule has 0 aromatic carbocycles. The van der Waals surface area contributed by atoms with Crippen LogP contribution in [0.3, 0.4) is 0 Å². The van der Waals surface area contributed by atoms with Crippen LogP contribution in [0.1, 0.15) is 39.8 Å². The van der Waals surface area contributed by atoms with Gasteiger partial charge in [-0.2, -0.15) is 0 Å². The van der Waals surface area contributed by atoms with E-state index in [-0.39, 0.29) is 0 Å². The summed E-state index contributed by atoms with van der Waals surface area (Å²) in [5, 5.41) is 6.74. The van der Waals surface area contributed by atoms with Gasteiger partial charge < -0.3 is 10.2 Å². The minimum atomic E-state index is 0.741. The third-order valence-electron chi connectivity index (χ3n) is 4.10. The smallest absolute Gasteiger partial charge is 0.186 e. The molecule has 1 fully saturated rings. The van der Waals surface area contributed by atoms with E-state index in [2.05, 4.69) is 21.7 Å². The van der Waals surface area contributed by atoms with Crippen molar-refractivity contribution in [1.82, 2.24) is 10.3 Å². The first-order valence-corrected chi connectivity index (χ1v) is 8.99. The number of thiophene rings is 1. The maximum absolute atomic E-state index is 4.98. The van der Waals surface area contributed by atoms with Gasteiger partial charge in [-0.15, -0.1) is 22.7 Å². The summed E-state index contributed by atoms with van der Waals surface area (Å²) in [6, 6.07) is 2.27. The second-order valence-electron chi connectivity index (χ2n) is 5.65. The normalized spacial score (nSPS) is 18.4. The van der Waals surface area contributed by atoms with Crippen LogP contribution < -0.4 is 10.2 Å². The van der Waals surface area contributed by atoms with Crippen LogP contribution in [0.2, 0.25) is 0 Å². The second kappa shape index (κ2) is 5.13. The lowest BCUT2D eigenvalue weighted by atomic mass is 10.1. The van der Waals surface area contributed by atoms with Crippen molar-refractivity contribution in [2.45, 2.75) is 38.3 Å². The molecule has 1 aliphatic heterocycles. The standard InChI is InChI=1S/C15H19N3S2/c1-16-8-13-14(10-2-3-10)17-15(20-13)18-6-4-12-11(9-18)5-7-19-12/h5,7,10,16H,2-4,6,8-9H2,1H3. The highest BCUT2D eigenvalue weighted by Gasteiger charge is 2.31. The van der Waals surface area contributed by atoms with Crippen LogP contribution in [-0.2, 0) is 19.5 Å². The number of thiazole rings is 1. The molecule has 2 aromatic heterocycles. The first-order chi connectivity index (χ1) is 9.85. The molecule has 20 heavy (non-hydrogen) atoms. The predicted octanol–water partition coefficient (Wildman–Crippen LogP) is 3.36. The van der Waals surface area contributed by atoms with Crippen LogP contribution in [-0.4, -0.2) is 18.6 Å². The van der Waals surface area contributed by atoms with Crippen LogP contribution in [0.4, 0.5) is 5.13 Å². The van der Waals surface area contributed by atoms with Crippen LogP contribution >= 0.6 is 22.7 Å². The van der Waals surface area contributed by atoms with Gasteiger partial charge in [0.15, 0.2) is 5.13 Å². The van der Waals surface area contributed by atoms with Crippen LogP contribution in [0.5, 0.6) is 0 Å². The topological polar surface area (TPSA) is 28.2 Å². The Kier molecular flexibility index (Phi) is 3.28. The minimum Gasteiger partial charge on any atom is -0.343 e. The molecule has 4 rings (SSSR count). The van der Waals surface area contributed by atoms with Gasteiger partial charge in [-0.3, -0.25) is 0 Å². The molecule has 3 nitrogen and oxygen atoms in total. The number of rotatable bonds is 4. The Labute approximate surface area is 127 Å². The molecule has 0 saturated heterocycles. The molecule has 0 amide bonds. The number of fused-ring (bicyclic) bond motifs is 1. The Balaban J connectivity index is 1.61. The summed E-state index contributed by atoms with van der Waals surface area (Å²) in [5.41, 5.74) is 2.87. The highest BCUT2D eigenvalue weighted by molar-refractivity contribution is 7.15. The average Bonchev–Trinajstić information content (AvgIpc) is 3.05. The van der Waals surface area contributed by atoms with E-state index in [1.165, 1.54) is 40.5 Å². The molecular formula is C15H19N3S2. The fraction of sp³-hybridized carbons (Fsp3) is 0.533. The third-order valence-corrected chi connectivity index (χ3v) is 6.25. The van der Waals surface area contributed by atoms with Crippen molar-refractivity contribution >= 4 is 27.8 Å². The molecule has 1 aliphatic carbocycles. The van der Waals surface area contributed by atoms with E-state index < -0.39 is 0 Å². The lowest BCUT2D eigenvalue weighted by molar-refractivity contribution is 0.737. The number of hydrogen-bond donors (Lipinski definition) is 1. The van der Waals surface area contributed by atoms with Gasteiger partial charge in [-0.1, -0.05) is 0 Å². The van der Waals surface area contributed by atoms with Crippen molar-refractivity contribution in [3.63, 3.8) is 0 Å². The minimum absolute atomic E-state index is 0.741. The van der Waals surface area contributed by atoms with Crippen LogP contribution in [0.15, 0.2) is 11.4 Å². The van der Waals surface area contributed by atoms with E-state index in [0.717, 1.165) is 25.6 Å². The van der Waals surface area contributed by atoms with Crippen LogP contribution in [0, 0.1) is 0 Å². The number of anilines is 1. The molecule has 2 aromatic rings. The Morgan fingerprint density at radius 3 is 3.15 bits per heavy atom.